The summed E-state index contributed by atoms with van der Waals surface area (Å²) >= 11 is 0. The number of benzene rings is 1. The fourth-order valence-electron chi connectivity index (χ4n) is 2.45. The molecule has 0 aliphatic carbocycles. The molecule has 128 valence electrons. The number of hydrogen-bond acceptors (Lipinski definition) is 4. The zero-order chi connectivity index (χ0) is 17.5. The predicted molar refractivity (Wildman–Crippen MR) is 92.2 cm³/mol. The summed E-state index contributed by atoms with van der Waals surface area (Å²) in [7, 11) is 2.05. The Kier molecular flexibility index (Phi) is 6.14. The van der Waals surface area contributed by atoms with Crippen molar-refractivity contribution in [2.75, 3.05) is 20.1 Å². The molecule has 1 aromatic heterocycles. The van der Waals surface area contributed by atoms with Gasteiger partial charge in [-0.1, -0.05) is 6.08 Å². The lowest BCUT2D eigenvalue weighted by molar-refractivity contribution is -0.142. The van der Waals surface area contributed by atoms with Gasteiger partial charge in [0.15, 0.2) is 0 Å². The number of nitrogens with zero attached hydrogens (tertiary/aromatic N) is 1. The zero-order valence-corrected chi connectivity index (χ0v) is 13.7. The van der Waals surface area contributed by atoms with Crippen LogP contribution >= 0.6 is 0 Å². The molecule has 6 heteroatoms. The monoisotopic (exact) mass is 330 g/mol. The van der Waals surface area contributed by atoms with E-state index in [1.165, 1.54) is 5.56 Å². The van der Waals surface area contributed by atoms with Crippen LogP contribution in [0.5, 0.6) is 5.75 Å². The molecule has 0 spiro atoms. The van der Waals surface area contributed by atoms with Crippen molar-refractivity contribution in [2.24, 2.45) is 0 Å². The third-order valence-electron chi connectivity index (χ3n) is 3.72. The number of fused-ring (bicyclic) bond motifs is 1. The lowest BCUT2D eigenvalue weighted by Crippen LogP contribution is -2.20. The molecule has 24 heavy (non-hydrogen) atoms. The molecule has 0 amide bonds. The van der Waals surface area contributed by atoms with Crippen molar-refractivity contribution < 1.29 is 19.4 Å². The van der Waals surface area contributed by atoms with Crippen LogP contribution < -0.4 is 4.74 Å². The highest BCUT2D eigenvalue weighted by molar-refractivity contribution is 5.85. The number of nitrogens with one attached hydrogen (secondary N) is 1. The summed E-state index contributed by atoms with van der Waals surface area (Å²) in [6.45, 7) is 5.50. The molecule has 0 saturated heterocycles. The van der Waals surface area contributed by atoms with Crippen LogP contribution in [0.4, 0.5) is 0 Å². The Labute approximate surface area is 140 Å². The number of rotatable bonds is 9. The van der Waals surface area contributed by atoms with Crippen molar-refractivity contribution in [1.82, 2.24) is 9.88 Å². The van der Waals surface area contributed by atoms with Gasteiger partial charge in [0, 0.05) is 36.3 Å². The van der Waals surface area contributed by atoms with Gasteiger partial charge in [0.05, 0.1) is 12.8 Å². The first-order valence-corrected chi connectivity index (χ1v) is 7.81. The van der Waals surface area contributed by atoms with Gasteiger partial charge >= 0.3 is 11.9 Å². The van der Waals surface area contributed by atoms with Gasteiger partial charge in [-0.15, -0.1) is 6.58 Å². The number of carbonyl (C=O) groups is 2. The van der Waals surface area contributed by atoms with Gasteiger partial charge < -0.3 is 19.7 Å². The van der Waals surface area contributed by atoms with Crippen LogP contribution in [0.15, 0.2) is 37.1 Å². The van der Waals surface area contributed by atoms with Crippen LogP contribution in [0.25, 0.3) is 10.9 Å². The smallest absolute Gasteiger partial charge is 0.311 e. The molecule has 0 radical (unpaired) electrons. The summed E-state index contributed by atoms with van der Waals surface area (Å²) in [5.41, 5.74) is 2.09. The van der Waals surface area contributed by atoms with E-state index in [4.69, 9.17) is 9.84 Å². The van der Waals surface area contributed by atoms with Gasteiger partial charge in [-0.3, -0.25) is 9.59 Å². The van der Waals surface area contributed by atoms with Crippen molar-refractivity contribution in [3.05, 3.63) is 42.6 Å². The van der Waals surface area contributed by atoms with Crippen LogP contribution in [0.1, 0.15) is 18.4 Å². The fraction of sp³-hybridized carbons (Fsp3) is 0.333. The summed E-state index contributed by atoms with van der Waals surface area (Å²) in [5, 5.41) is 9.66. The Morgan fingerprint density at radius 3 is 2.88 bits per heavy atom. The SMILES string of the molecule is C=CCN(C)CCc1c[nH]c2cc(OC(=O)CCC(=O)O)ccc12. The molecule has 0 atom stereocenters. The number of aromatic nitrogens is 1. The minimum atomic E-state index is -1.02. The van der Waals surface area contributed by atoms with Gasteiger partial charge in [0.1, 0.15) is 5.75 Å². The molecule has 0 aliphatic rings. The van der Waals surface area contributed by atoms with Gasteiger partial charge in [-0.25, -0.2) is 0 Å². The Morgan fingerprint density at radius 1 is 1.38 bits per heavy atom. The molecule has 2 rings (SSSR count). The molecule has 0 aliphatic heterocycles. The molecule has 0 bridgehead atoms. The quantitative estimate of drug-likeness (QED) is 0.419. The lowest BCUT2D eigenvalue weighted by atomic mass is 10.1. The molecule has 2 N–H and O–H groups in total. The average molecular weight is 330 g/mol. The van der Waals surface area contributed by atoms with E-state index >= 15 is 0 Å². The minimum Gasteiger partial charge on any atom is -0.481 e. The standard InChI is InChI=1S/C18H22N2O4/c1-3-9-20(2)10-8-13-12-19-16-11-14(4-5-15(13)16)24-18(23)7-6-17(21)22/h3-5,11-12,19H,1,6-10H2,2H3,(H,21,22). The van der Waals surface area contributed by atoms with Gasteiger partial charge in [-0.05, 0) is 31.2 Å². The largest absolute Gasteiger partial charge is 0.481 e. The Hall–Kier alpha value is -2.60. The average Bonchev–Trinajstić information content (AvgIpc) is 2.93. The topological polar surface area (TPSA) is 82.6 Å². The van der Waals surface area contributed by atoms with Crippen molar-refractivity contribution in [2.45, 2.75) is 19.3 Å². The van der Waals surface area contributed by atoms with E-state index in [0.29, 0.717) is 5.75 Å². The number of H-pyrrole nitrogens is 1. The van der Waals surface area contributed by atoms with E-state index in [0.717, 1.165) is 30.4 Å². The van der Waals surface area contributed by atoms with Gasteiger partial charge in [0.25, 0.3) is 0 Å². The molecular formula is C18H22N2O4. The van der Waals surface area contributed by atoms with E-state index in [-0.39, 0.29) is 12.8 Å². The van der Waals surface area contributed by atoms with Crippen molar-refractivity contribution >= 4 is 22.8 Å². The maximum atomic E-state index is 11.6. The van der Waals surface area contributed by atoms with Crippen LogP contribution in [-0.2, 0) is 16.0 Å². The van der Waals surface area contributed by atoms with E-state index in [1.807, 2.05) is 25.4 Å². The number of aliphatic carboxylic acids is 1. The molecule has 1 aromatic carbocycles. The number of likely N-dealkylation sites (N-methyl/N-ethyl adjacent to an activating group) is 1. The Balaban J connectivity index is 2.00. The summed E-state index contributed by atoms with van der Waals surface area (Å²) < 4.78 is 5.17. The van der Waals surface area contributed by atoms with E-state index < -0.39 is 11.9 Å². The molecule has 0 fully saturated rings. The lowest BCUT2D eigenvalue weighted by Gasteiger charge is -2.13. The number of ether oxygens (including phenoxy) is 1. The van der Waals surface area contributed by atoms with Crippen LogP contribution in [0.2, 0.25) is 0 Å². The van der Waals surface area contributed by atoms with Crippen molar-refractivity contribution in [3.8, 4) is 5.75 Å². The number of aromatic amines is 1. The number of esters is 1. The zero-order valence-electron chi connectivity index (χ0n) is 13.7. The van der Waals surface area contributed by atoms with Crippen molar-refractivity contribution in [3.63, 3.8) is 0 Å². The van der Waals surface area contributed by atoms with Crippen LogP contribution in [-0.4, -0.2) is 47.1 Å². The predicted octanol–water partition coefficient (Wildman–Crippen LogP) is 2.60. The molecule has 6 nitrogen and oxygen atoms in total. The minimum absolute atomic E-state index is 0.140. The summed E-state index contributed by atoms with van der Waals surface area (Å²) in [6.07, 6.45) is 4.37. The molecular weight excluding hydrogens is 308 g/mol. The first-order chi connectivity index (χ1) is 11.5. The second-order valence-electron chi connectivity index (χ2n) is 5.69. The summed E-state index contributed by atoms with van der Waals surface area (Å²) in [6, 6.07) is 5.39. The first-order valence-electron chi connectivity index (χ1n) is 7.81. The third kappa shape index (κ3) is 4.96. The third-order valence-corrected chi connectivity index (χ3v) is 3.72. The molecule has 0 unspecified atom stereocenters. The van der Waals surface area contributed by atoms with E-state index in [1.54, 1.807) is 12.1 Å². The first kappa shape index (κ1) is 17.7. The van der Waals surface area contributed by atoms with Gasteiger partial charge in [0.2, 0.25) is 0 Å². The number of carbonyl (C=O) groups excluding carboxylic acids is 1. The Morgan fingerprint density at radius 2 is 2.17 bits per heavy atom. The molecule has 0 saturated carbocycles. The van der Waals surface area contributed by atoms with Crippen LogP contribution in [0.3, 0.4) is 0 Å². The fourth-order valence-corrected chi connectivity index (χ4v) is 2.45. The molecule has 2 aromatic rings. The van der Waals surface area contributed by atoms with Crippen molar-refractivity contribution in [1.29, 1.82) is 0 Å². The number of carboxylic acid groups (broad SMARTS) is 1. The maximum absolute atomic E-state index is 11.6. The number of carboxylic acids is 1. The molecule has 1 heterocycles. The highest BCUT2D eigenvalue weighted by atomic mass is 16.5. The van der Waals surface area contributed by atoms with Crippen LogP contribution in [0, 0.1) is 0 Å². The number of hydrogen-bond donors (Lipinski definition) is 2. The van der Waals surface area contributed by atoms with E-state index in [2.05, 4.69) is 16.5 Å². The van der Waals surface area contributed by atoms with E-state index in [9.17, 15) is 9.59 Å². The highest BCUT2D eigenvalue weighted by Gasteiger charge is 2.10. The van der Waals surface area contributed by atoms with Gasteiger partial charge in [-0.2, -0.15) is 0 Å². The highest BCUT2D eigenvalue weighted by Crippen LogP contribution is 2.24. The Bertz CT molecular complexity index is 736. The normalized spacial score (nSPS) is 10.9. The summed E-state index contributed by atoms with van der Waals surface area (Å²) in [4.78, 5) is 27.4. The second kappa shape index (κ2) is 8.31. The second-order valence-corrected chi connectivity index (χ2v) is 5.69. The maximum Gasteiger partial charge on any atom is 0.311 e. The summed E-state index contributed by atoms with van der Waals surface area (Å²) in [5.74, 6) is -1.15.